The van der Waals surface area contributed by atoms with Crippen LogP contribution in [0, 0.1) is 17.8 Å². The monoisotopic (exact) mass is 247 g/mol. The lowest BCUT2D eigenvalue weighted by Gasteiger charge is -2.16. The number of rotatable bonds is 8. The normalized spacial score (nSPS) is 21.6. The molecule has 4 nitrogen and oxygen atoms in total. The first-order valence-electron chi connectivity index (χ1n) is 6.20. The van der Waals surface area contributed by atoms with Gasteiger partial charge in [-0.05, 0) is 49.9 Å². The Hall–Kier alpha value is -0.130. The third-order valence-electron chi connectivity index (χ3n) is 3.57. The molecule has 0 bridgehead atoms. The van der Waals surface area contributed by atoms with Crippen molar-refractivity contribution in [2.24, 2.45) is 17.8 Å². The van der Waals surface area contributed by atoms with Gasteiger partial charge in [-0.1, -0.05) is 0 Å². The number of sulfonamides is 1. The van der Waals surface area contributed by atoms with E-state index in [1.165, 1.54) is 25.7 Å². The zero-order valence-electron chi connectivity index (χ0n) is 9.56. The maximum atomic E-state index is 11.6. The summed E-state index contributed by atoms with van der Waals surface area (Å²) < 4.78 is 25.8. The van der Waals surface area contributed by atoms with E-state index in [1.54, 1.807) is 0 Å². The second-order valence-corrected chi connectivity index (χ2v) is 7.01. The average molecular weight is 247 g/mol. The van der Waals surface area contributed by atoms with Crippen molar-refractivity contribution >= 4 is 10.0 Å². The molecule has 2 aliphatic carbocycles. The highest BCUT2D eigenvalue weighted by Gasteiger charge is 2.41. The molecule has 16 heavy (non-hydrogen) atoms. The van der Waals surface area contributed by atoms with Crippen molar-refractivity contribution in [2.75, 3.05) is 18.9 Å². The van der Waals surface area contributed by atoms with Crippen LogP contribution in [0.5, 0.6) is 0 Å². The first kappa shape index (κ1) is 12.3. The molecule has 0 aromatic carbocycles. The molecule has 0 aromatic heterocycles. The summed E-state index contributed by atoms with van der Waals surface area (Å²) in [5, 5.41) is 8.61. The van der Waals surface area contributed by atoms with Gasteiger partial charge in [0.25, 0.3) is 0 Å². The number of hydrogen-bond acceptors (Lipinski definition) is 3. The van der Waals surface area contributed by atoms with E-state index in [9.17, 15) is 8.42 Å². The number of hydrogen-bond donors (Lipinski definition) is 2. The van der Waals surface area contributed by atoms with Crippen LogP contribution in [0.4, 0.5) is 0 Å². The maximum absolute atomic E-state index is 11.6. The molecule has 2 N–H and O–H groups in total. The zero-order chi connectivity index (χ0) is 11.6. The molecule has 0 aliphatic heterocycles. The van der Waals surface area contributed by atoms with Crippen LogP contribution in [0.3, 0.4) is 0 Å². The zero-order valence-corrected chi connectivity index (χ0v) is 10.4. The molecule has 0 saturated heterocycles. The minimum atomic E-state index is -3.16. The lowest BCUT2D eigenvalue weighted by molar-refractivity contribution is 0.295. The second kappa shape index (κ2) is 5.02. The van der Waals surface area contributed by atoms with Gasteiger partial charge in [-0.2, -0.15) is 0 Å². The van der Waals surface area contributed by atoms with Crippen LogP contribution in [0.2, 0.25) is 0 Å². The van der Waals surface area contributed by atoms with Gasteiger partial charge in [-0.15, -0.1) is 0 Å². The molecule has 5 heteroatoms. The Morgan fingerprint density at radius 3 is 2.19 bits per heavy atom. The summed E-state index contributed by atoms with van der Waals surface area (Å²) in [6.07, 6.45) is 5.44. The minimum Gasteiger partial charge on any atom is -0.396 e. The first-order chi connectivity index (χ1) is 7.62. The summed E-state index contributed by atoms with van der Waals surface area (Å²) in [7, 11) is -3.16. The fourth-order valence-electron chi connectivity index (χ4n) is 2.32. The van der Waals surface area contributed by atoms with E-state index in [-0.39, 0.29) is 12.4 Å². The molecular weight excluding hydrogens is 226 g/mol. The van der Waals surface area contributed by atoms with Gasteiger partial charge in [-0.25, -0.2) is 13.1 Å². The van der Waals surface area contributed by atoms with E-state index in [4.69, 9.17) is 5.11 Å². The molecule has 0 atom stereocenters. The molecule has 0 heterocycles. The lowest BCUT2D eigenvalue weighted by Crippen LogP contribution is -2.33. The highest BCUT2D eigenvalue weighted by atomic mass is 32.2. The van der Waals surface area contributed by atoms with E-state index >= 15 is 0 Å². The van der Waals surface area contributed by atoms with E-state index in [2.05, 4.69) is 4.72 Å². The molecule has 94 valence electrons. The Balaban J connectivity index is 1.75. The average Bonchev–Trinajstić information content (AvgIpc) is 3.06. The Morgan fingerprint density at radius 1 is 1.19 bits per heavy atom. The third kappa shape index (κ3) is 3.71. The summed E-state index contributed by atoms with van der Waals surface area (Å²) in [6, 6.07) is 0. The van der Waals surface area contributed by atoms with Gasteiger partial charge in [0, 0.05) is 13.2 Å². The van der Waals surface area contributed by atoms with Gasteiger partial charge >= 0.3 is 0 Å². The van der Waals surface area contributed by atoms with Crippen LogP contribution in [0.1, 0.15) is 32.1 Å². The maximum Gasteiger partial charge on any atom is 0.211 e. The summed E-state index contributed by atoms with van der Waals surface area (Å²) in [5.74, 6) is 2.16. The highest BCUT2D eigenvalue weighted by Crippen LogP contribution is 2.48. The minimum absolute atomic E-state index is 0.0472. The predicted octanol–water partition coefficient (Wildman–Crippen LogP) is 0.724. The Bertz CT molecular complexity index is 308. The molecule has 2 aliphatic rings. The molecular formula is C11H21NO3S. The molecule has 2 fully saturated rings. The summed E-state index contributed by atoms with van der Waals surface area (Å²) in [5.41, 5.74) is 0. The number of aliphatic hydroxyl groups is 1. The molecule has 2 rings (SSSR count). The van der Waals surface area contributed by atoms with Gasteiger partial charge in [0.1, 0.15) is 0 Å². The van der Waals surface area contributed by atoms with Crippen LogP contribution in [-0.2, 0) is 10.0 Å². The number of aliphatic hydroxyl groups excluding tert-OH is 1. The molecule has 0 unspecified atom stereocenters. The van der Waals surface area contributed by atoms with Crippen LogP contribution >= 0.6 is 0 Å². The van der Waals surface area contributed by atoms with Crippen molar-refractivity contribution < 1.29 is 13.5 Å². The molecule has 0 amide bonds. The molecule has 0 radical (unpaired) electrons. The fourth-order valence-corrected chi connectivity index (χ4v) is 3.42. The Labute approximate surface area is 97.5 Å². The van der Waals surface area contributed by atoms with Crippen molar-refractivity contribution in [1.82, 2.24) is 4.72 Å². The highest BCUT2D eigenvalue weighted by molar-refractivity contribution is 7.89. The summed E-state index contributed by atoms with van der Waals surface area (Å²) in [4.78, 5) is 0. The third-order valence-corrected chi connectivity index (χ3v) is 5.00. The van der Waals surface area contributed by atoms with E-state index in [0.29, 0.717) is 18.9 Å². The topological polar surface area (TPSA) is 66.4 Å². The van der Waals surface area contributed by atoms with E-state index < -0.39 is 10.0 Å². The van der Waals surface area contributed by atoms with E-state index in [1.807, 2.05) is 0 Å². The summed E-state index contributed by atoms with van der Waals surface area (Å²) in [6.45, 7) is 0.554. The van der Waals surface area contributed by atoms with Gasteiger partial charge in [-0.3, -0.25) is 0 Å². The summed E-state index contributed by atoms with van der Waals surface area (Å²) >= 11 is 0. The Morgan fingerprint density at radius 2 is 1.75 bits per heavy atom. The van der Waals surface area contributed by atoms with Crippen LogP contribution in [-0.4, -0.2) is 32.4 Å². The van der Waals surface area contributed by atoms with Gasteiger partial charge in [0.05, 0.1) is 5.75 Å². The largest absolute Gasteiger partial charge is 0.396 e. The molecule has 0 aromatic rings. The van der Waals surface area contributed by atoms with Crippen LogP contribution in [0.15, 0.2) is 0 Å². The van der Waals surface area contributed by atoms with Crippen molar-refractivity contribution in [1.29, 1.82) is 0 Å². The van der Waals surface area contributed by atoms with Gasteiger partial charge in [0.15, 0.2) is 0 Å². The fraction of sp³-hybridized carbons (Fsp3) is 1.00. The number of nitrogens with one attached hydrogen (secondary N) is 1. The second-order valence-electron chi connectivity index (χ2n) is 5.08. The van der Waals surface area contributed by atoms with Crippen molar-refractivity contribution in [2.45, 2.75) is 32.1 Å². The standard InChI is InChI=1S/C11H21NO3S/c13-6-1-7-16(14,15)12-8-11(9-2-3-9)10-4-5-10/h9-13H,1-8H2. The quantitative estimate of drug-likeness (QED) is 0.664. The van der Waals surface area contributed by atoms with Crippen LogP contribution in [0.25, 0.3) is 0 Å². The smallest absolute Gasteiger partial charge is 0.211 e. The van der Waals surface area contributed by atoms with Crippen molar-refractivity contribution in [3.05, 3.63) is 0 Å². The SMILES string of the molecule is O=S(=O)(CCCO)NCC(C1CC1)C1CC1. The van der Waals surface area contributed by atoms with Gasteiger partial charge in [0.2, 0.25) is 10.0 Å². The van der Waals surface area contributed by atoms with Crippen molar-refractivity contribution in [3.8, 4) is 0 Å². The molecule has 0 spiro atoms. The van der Waals surface area contributed by atoms with Crippen molar-refractivity contribution in [3.63, 3.8) is 0 Å². The first-order valence-corrected chi connectivity index (χ1v) is 7.86. The molecule has 2 saturated carbocycles. The lowest BCUT2D eigenvalue weighted by atomic mass is 9.99. The van der Waals surface area contributed by atoms with E-state index in [0.717, 1.165) is 11.8 Å². The Kier molecular flexibility index (Phi) is 3.87. The predicted molar refractivity (Wildman–Crippen MR) is 62.4 cm³/mol. The van der Waals surface area contributed by atoms with Crippen LogP contribution < -0.4 is 4.72 Å². The van der Waals surface area contributed by atoms with Gasteiger partial charge < -0.3 is 5.11 Å².